The van der Waals surface area contributed by atoms with E-state index in [0.29, 0.717) is 0 Å². The zero-order valence-electron chi connectivity index (χ0n) is 12.1. The molecule has 2 heterocycles. The standard InChI is InChI=1S/C14H24N4S/c1-4-12-17-13(15-3)10(2)14(18-12)16-9-11-5-7-19-8-6-11/h11H,4-9H2,1-3H3,(H2,15,16,17,18). The van der Waals surface area contributed by atoms with Crippen molar-refractivity contribution in [2.24, 2.45) is 5.92 Å². The number of nitrogens with one attached hydrogen (secondary N) is 2. The molecular formula is C14H24N4S. The molecule has 5 heteroatoms. The molecule has 0 aliphatic carbocycles. The van der Waals surface area contributed by atoms with Crippen molar-refractivity contribution in [1.82, 2.24) is 9.97 Å². The Morgan fingerprint density at radius 2 is 1.89 bits per heavy atom. The SMILES string of the molecule is CCc1nc(NC)c(C)c(NCC2CCSCC2)n1. The van der Waals surface area contributed by atoms with Crippen molar-refractivity contribution >= 4 is 23.4 Å². The van der Waals surface area contributed by atoms with Crippen LogP contribution in [0.15, 0.2) is 0 Å². The van der Waals surface area contributed by atoms with Crippen molar-refractivity contribution in [1.29, 1.82) is 0 Å². The van der Waals surface area contributed by atoms with Crippen molar-refractivity contribution in [3.05, 3.63) is 11.4 Å². The van der Waals surface area contributed by atoms with Crippen molar-refractivity contribution in [3.8, 4) is 0 Å². The van der Waals surface area contributed by atoms with Crippen LogP contribution in [-0.4, -0.2) is 35.1 Å². The molecule has 2 rings (SSSR count). The van der Waals surface area contributed by atoms with Gasteiger partial charge in [0.1, 0.15) is 17.5 Å². The molecule has 0 unspecified atom stereocenters. The van der Waals surface area contributed by atoms with Crippen LogP contribution >= 0.6 is 11.8 Å². The smallest absolute Gasteiger partial charge is 0.134 e. The van der Waals surface area contributed by atoms with Crippen LogP contribution in [0.5, 0.6) is 0 Å². The van der Waals surface area contributed by atoms with Crippen LogP contribution in [0.4, 0.5) is 11.6 Å². The molecule has 1 aliphatic heterocycles. The first kappa shape index (κ1) is 14.4. The molecule has 0 amide bonds. The van der Waals surface area contributed by atoms with Gasteiger partial charge in [0.25, 0.3) is 0 Å². The van der Waals surface area contributed by atoms with Gasteiger partial charge < -0.3 is 10.6 Å². The maximum atomic E-state index is 4.62. The molecule has 0 aromatic carbocycles. The molecule has 1 saturated heterocycles. The van der Waals surface area contributed by atoms with Crippen molar-refractivity contribution in [3.63, 3.8) is 0 Å². The fourth-order valence-electron chi connectivity index (χ4n) is 2.33. The van der Waals surface area contributed by atoms with Crippen LogP contribution in [0.2, 0.25) is 0 Å². The molecule has 106 valence electrons. The number of rotatable bonds is 5. The maximum absolute atomic E-state index is 4.62. The quantitative estimate of drug-likeness (QED) is 0.868. The van der Waals surface area contributed by atoms with Gasteiger partial charge in [-0.1, -0.05) is 6.92 Å². The predicted octanol–water partition coefficient (Wildman–Crippen LogP) is 2.94. The molecule has 0 bridgehead atoms. The molecule has 4 nitrogen and oxygen atoms in total. The molecule has 19 heavy (non-hydrogen) atoms. The van der Waals surface area contributed by atoms with Crippen LogP contribution in [0.25, 0.3) is 0 Å². The molecule has 0 radical (unpaired) electrons. The lowest BCUT2D eigenvalue weighted by Crippen LogP contribution is -2.20. The molecule has 1 aliphatic rings. The maximum Gasteiger partial charge on any atom is 0.134 e. The molecule has 0 atom stereocenters. The van der Waals surface area contributed by atoms with Crippen molar-refractivity contribution < 1.29 is 0 Å². The van der Waals surface area contributed by atoms with Crippen LogP contribution in [0.3, 0.4) is 0 Å². The first-order valence-electron chi connectivity index (χ1n) is 7.11. The molecule has 1 fully saturated rings. The van der Waals surface area contributed by atoms with E-state index in [4.69, 9.17) is 0 Å². The second-order valence-electron chi connectivity index (χ2n) is 5.00. The van der Waals surface area contributed by atoms with E-state index in [1.54, 1.807) is 0 Å². The van der Waals surface area contributed by atoms with Gasteiger partial charge in [-0.25, -0.2) is 9.97 Å². The summed E-state index contributed by atoms with van der Waals surface area (Å²) in [4.78, 5) is 9.12. The molecule has 1 aromatic heterocycles. The Morgan fingerprint density at radius 1 is 1.21 bits per heavy atom. The average Bonchev–Trinajstić information content (AvgIpc) is 2.47. The van der Waals surface area contributed by atoms with Crippen LogP contribution in [0.1, 0.15) is 31.2 Å². The number of aromatic nitrogens is 2. The average molecular weight is 280 g/mol. The number of aryl methyl sites for hydroxylation is 1. The normalized spacial score (nSPS) is 16.4. The summed E-state index contributed by atoms with van der Waals surface area (Å²) in [5.41, 5.74) is 1.12. The summed E-state index contributed by atoms with van der Waals surface area (Å²) in [5, 5.41) is 6.69. The fraction of sp³-hybridized carbons (Fsp3) is 0.714. The van der Waals surface area contributed by atoms with Gasteiger partial charge in [-0.3, -0.25) is 0 Å². The predicted molar refractivity (Wildman–Crippen MR) is 84.2 cm³/mol. The summed E-state index contributed by atoms with van der Waals surface area (Å²) in [6.45, 7) is 5.20. The first-order valence-corrected chi connectivity index (χ1v) is 8.27. The number of hydrogen-bond donors (Lipinski definition) is 2. The minimum Gasteiger partial charge on any atom is -0.373 e. The Labute approximate surface area is 120 Å². The van der Waals surface area contributed by atoms with Gasteiger partial charge in [0, 0.05) is 25.6 Å². The third kappa shape index (κ3) is 3.75. The van der Waals surface area contributed by atoms with Crippen molar-refractivity contribution in [2.45, 2.75) is 33.1 Å². The minimum absolute atomic E-state index is 0.790. The Balaban J connectivity index is 2.05. The van der Waals surface area contributed by atoms with Crippen molar-refractivity contribution in [2.75, 3.05) is 35.7 Å². The van der Waals surface area contributed by atoms with Gasteiger partial charge in [0.05, 0.1) is 0 Å². The van der Waals surface area contributed by atoms with Gasteiger partial charge in [0.2, 0.25) is 0 Å². The molecule has 1 aromatic rings. The highest BCUT2D eigenvalue weighted by molar-refractivity contribution is 7.99. The van der Waals surface area contributed by atoms with E-state index in [9.17, 15) is 0 Å². The lowest BCUT2D eigenvalue weighted by Gasteiger charge is -2.22. The highest BCUT2D eigenvalue weighted by Gasteiger charge is 2.15. The zero-order valence-corrected chi connectivity index (χ0v) is 12.9. The first-order chi connectivity index (χ1) is 9.24. The molecule has 0 spiro atoms. The van der Waals surface area contributed by atoms with E-state index in [1.807, 2.05) is 7.05 Å². The van der Waals surface area contributed by atoms with Gasteiger partial charge >= 0.3 is 0 Å². The van der Waals surface area contributed by atoms with E-state index in [2.05, 4.69) is 46.2 Å². The van der Waals surface area contributed by atoms with E-state index >= 15 is 0 Å². The van der Waals surface area contributed by atoms with E-state index in [1.165, 1.54) is 24.3 Å². The third-order valence-corrected chi connectivity index (χ3v) is 4.69. The van der Waals surface area contributed by atoms with Gasteiger partial charge in [-0.05, 0) is 37.2 Å². The largest absolute Gasteiger partial charge is 0.373 e. The van der Waals surface area contributed by atoms with Crippen LogP contribution < -0.4 is 10.6 Å². The number of anilines is 2. The topological polar surface area (TPSA) is 49.8 Å². The van der Waals surface area contributed by atoms with Gasteiger partial charge in [-0.2, -0.15) is 11.8 Å². The third-order valence-electron chi connectivity index (χ3n) is 3.64. The van der Waals surface area contributed by atoms with Crippen LogP contribution in [0, 0.1) is 12.8 Å². The summed E-state index contributed by atoms with van der Waals surface area (Å²) in [7, 11) is 1.91. The van der Waals surface area contributed by atoms with E-state index < -0.39 is 0 Å². The monoisotopic (exact) mass is 280 g/mol. The Kier molecular flexibility index (Phi) is 5.31. The summed E-state index contributed by atoms with van der Waals surface area (Å²) < 4.78 is 0. The van der Waals surface area contributed by atoms with Gasteiger partial charge in [0.15, 0.2) is 0 Å². The Morgan fingerprint density at radius 3 is 2.53 bits per heavy atom. The van der Waals surface area contributed by atoms with E-state index in [-0.39, 0.29) is 0 Å². The summed E-state index contributed by atoms with van der Waals surface area (Å²) in [6.07, 6.45) is 3.51. The minimum atomic E-state index is 0.790. The number of hydrogen-bond acceptors (Lipinski definition) is 5. The second kappa shape index (κ2) is 6.98. The molecule has 2 N–H and O–H groups in total. The molecule has 0 saturated carbocycles. The lowest BCUT2D eigenvalue weighted by atomic mass is 10.0. The fourth-order valence-corrected chi connectivity index (χ4v) is 3.53. The summed E-state index contributed by atoms with van der Waals surface area (Å²) >= 11 is 2.07. The number of thioether (sulfide) groups is 1. The van der Waals surface area contributed by atoms with E-state index in [0.717, 1.165) is 41.9 Å². The highest BCUT2D eigenvalue weighted by atomic mass is 32.2. The highest BCUT2D eigenvalue weighted by Crippen LogP contribution is 2.24. The number of nitrogens with zero attached hydrogens (tertiary/aromatic N) is 2. The van der Waals surface area contributed by atoms with Crippen LogP contribution in [-0.2, 0) is 6.42 Å². The lowest BCUT2D eigenvalue weighted by molar-refractivity contribution is 0.515. The Bertz CT molecular complexity index is 416. The molecular weight excluding hydrogens is 256 g/mol. The Hall–Kier alpha value is -0.970. The van der Waals surface area contributed by atoms with Gasteiger partial charge in [-0.15, -0.1) is 0 Å². The zero-order chi connectivity index (χ0) is 13.7. The second-order valence-corrected chi connectivity index (χ2v) is 6.23. The summed E-state index contributed by atoms with van der Waals surface area (Å²) in [5.74, 6) is 6.23. The summed E-state index contributed by atoms with van der Waals surface area (Å²) in [6, 6.07) is 0.